The van der Waals surface area contributed by atoms with Gasteiger partial charge in [0.15, 0.2) is 0 Å². The highest BCUT2D eigenvalue weighted by Crippen LogP contribution is 2.14. The van der Waals surface area contributed by atoms with Crippen molar-refractivity contribution in [3.05, 3.63) is 65.2 Å². The van der Waals surface area contributed by atoms with Gasteiger partial charge in [0.1, 0.15) is 0 Å². The van der Waals surface area contributed by atoms with E-state index in [2.05, 4.69) is 11.4 Å². The van der Waals surface area contributed by atoms with Gasteiger partial charge in [-0.15, -0.1) is 0 Å². The Kier molecular flexibility index (Phi) is 6.13. The maximum Gasteiger partial charge on any atom is 0.316 e. The first-order chi connectivity index (χ1) is 12.0. The molecule has 0 aliphatic rings. The van der Waals surface area contributed by atoms with E-state index >= 15 is 0 Å². The average Bonchev–Trinajstić information content (AvgIpc) is 2.61. The third-order valence-corrected chi connectivity index (χ3v) is 3.64. The Morgan fingerprint density at radius 1 is 1.12 bits per heavy atom. The Hall–Kier alpha value is -3.33. The molecule has 3 N–H and O–H groups in total. The van der Waals surface area contributed by atoms with Crippen molar-refractivity contribution < 1.29 is 9.59 Å². The molecule has 2 rings (SSSR count). The Bertz CT molecular complexity index is 777. The molecule has 3 amide bonds. The molecule has 0 radical (unpaired) electrons. The molecule has 0 unspecified atom stereocenters. The predicted molar refractivity (Wildman–Crippen MR) is 95.8 cm³/mol. The maximum atomic E-state index is 12.8. The van der Waals surface area contributed by atoms with E-state index in [0.717, 1.165) is 12.0 Å². The molecule has 0 saturated heterocycles. The van der Waals surface area contributed by atoms with E-state index in [9.17, 15) is 9.59 Å². The maximum absolute atomic E-state index is 12.8. The number of hydrogen-bond acceptors (Lipinski definition) is 3. The number of benzene rings is 2. The lowest BCUT2D eigenvalue weighted by Gasteiger charge is -2.22. The smallest absolute Gasteiger partial charge is 0.316 e. The van der Waals surface area contributed by atoms with Gasteiger partial charge in [-0.1, -0.05) is 19.1 Å². The van der Waals surface area contributed by atoms with Crippen LogP contribution in [0.15, 0.2) is 48.5 Å². The second-order valence-corrected chi connectivity index (χ2v) is 5.60. The summed E-state index contributed by atoms with van der Waals surface area (Å²) in [6.07, 6.45) is 0.837. The average molecular weight is 336 g/mol. The molecule has 0 aromatic heterocycles. The lowest BCUT2D eigenvalue weighted by molar-refractivity contribution is 0.0743. The van der Waals surface area contributed by atoms with Crippen LogP contribution in [0.25, 0.3) is 0 Å². The minimum atomic E-state index is -0.646. The molecule has 6 heteroatoms. The van der Waals surface area contributed by atoms with Crippen LogP contribution >= 0.6 is 0 Å². The number of nitrogens with zero attached hydrogens (tertiary/aromatic N) is 2. The van der Waals surface area contributed by atoms with Gasteiger partial charge in [-0.2, -0.15) is 5.26 Å². The molecule has 128 valence electrons. The van der Waals surface area contributed by atoms with Crippen LogP contribution in [0.2, 0.25) is 0 Å². The summed E-state index contributed by atoms with van der Waals surface area (Å²) < 4.78 is 0. The van der Waals surface area contributed by atoms with Gasteiger partial charge in [0, 0.05) is 24.3 Å². The number of nitrogens with one attached hydrogen (secondary N) is 1. The van der Waals surface area contributed by atoms with Gasteiger partial charge in [-0.25, -0.2) is 4.79 Å². The van der Waals surface area contributed by atoms with E-state index in [4.69, 9.17) is 11.0 Å². The lowest BCUT2D eigenvalue weighted by Crippen LogP contribution is -2.31. The number of nitrogens with two attached hydrogens (primary N) is 1. The van der Waals surface area contributed by atoms with Crippen molar-refractivity contribution in [1.82, 2.24) is 4.90 Å². The van der Waals surface area contributed by atoms with Gasteiger partial charge in [0.25, 0.3) is 5.91 Å². The van der Waals surface area contributed by atoms with Crippen molar-refractivity contribution in [3.8, 4) is 6.07 Å². The zero-order chi connectivity index (χ0) is 18.2. The molecular weight excluding hydrogens is 316 g/mol. The van der Waals surface area contributed by atoms with Crippen LogP contribution in [0.4, 0.5) is 10.5 Å². The molecule has 0 aliphatic carbocycles. The number of anilines is 1. The van der Waals surface area contributed by atoms with Crippen molar-refractivity contribution >= 4 is 17.6 Å². The Morgan fingerprint density at radius 3 is 2.28 bits per heavy atom. The fraction of sp³-hybridized carbons (Fsp3) is 0.211. The molecule has 0 spiro atoms. The summed E-state index contributed by atoms with van der Waals surface area (Å²) in [5.41, 5.74) is 7.71. The molecule has 0 atom stereocenters. The highest BCUT2D eigenvalue weighted by molar-refractivity contribution is 5.95. The number of carbonyl (C=O) groups excluding carboxylic acids is 2. The quantitative estimate of drug-likeness (QED) is 0.847. The number of hydrogen-bond donors (Lipinski definition) is 2. The first-order valence-electron chi connectivity index (χ1n) is 7.98. The van der Waals surface area contributed by atoms with Gasteiger partial charge in [0.2, 0.25) is 0 Å². The van der Waals surface area contributed by atoms with Crippen molar-refractivity contribution in [2.75, 3.05) is 11.9 Å². The molecule has 0 saturated carbocycles. The SMILES string of the molecule is CCCN(Cc1ccc(C#N)cc1)C(=O)c1ccc(NC(N)=O)cc1. The standard InChI is InChI=1S/C19H20N4O2/c1-2-11-23(13-15-5-3-14(12-20)4-6-15)18(24)16-7-9-17(10-8-16)22-19(21)25/h3-10H,2,11,13H2,1H3,(H3,21,22,25). The fourth-order valence-electron chi connectivity index (χ4n) is 2.45. The minimum absolute atomic E-state index is 0.0863. The molecule has 0 bridgehead atoms. The third kappa shape index (κ3) is 5.08. The first kappa shape index (κ1) is 18.0. The van der Waals surface area contributed by atoms with E-state index in [1.54, 1.807) is 41.3 Å². The van der Waals surface area contributed by atoms with Crippen LogP contribution in [0.3, 0.4) is 0 Å². The number of primary amides is 1. The van der Waals surface area contributed by atoms with Crippen LogP contribution in [0, 0.1) is 11.3 Å². The molecular formula is C19H20N4O2. The fourth-order valence-corrected chi connectivity index (χ4v) is 2.45. The molecule has 0 heterocycles. The summed E-state index contributed by atoms with van der Waals surface area (Å²) >= 11 is 0. The van der Waals surface area contributed by atoms with E-state index in [0.29, 0.717) is 29.9 Å². The van der Waals surface area contributed by atoms with Crippen LogP contribution in [0.1, 0.15) is 34.8 Å². The summed E-state index contributed by atoms with van der Waals surface area (Å²) in [6, 6.07) is 15.2. The van der Waals surface area contributed by atoms with Crippen molar-refractivity contribution in [2.45, 2.75) is 19.9 Å². The highest BCUT2D eigenvalue weighted by Gasteiger charge is 2.15. The normalized spacial score (nSPS) is 9.92. The molecule has 25 heavy (non-hydrogen) atoms. The summed E-state index contributed by atoms with van der Waals surface area (Å²) in [5, 5.41) is 11.3. The second-order valence-electron chi connectivity index (χ2n) is 5.60. The number of rotatable bonds is 6. The number of carbonyl (C=O) groups is 2. The minimum Gasteiger partial charge on any atom is -0.351 e. The summed E-state index contributed by atoms with van der Waals surface area (Å²) in [5.74, 6) is -0.0863. The molecule has 2 aromatic rings. The number of urea groups is 1. The zero-order valence-corrected chi connectivity index (χ0v) is 14.0. The summed E-state index contributed by atoms with van der Waals surface area (Å²) in [4.78, 5) is 25.4. The van der Waals surface area contributed by atoms with E-state index in [1.165, 1.54) is 0 Å². The summed E-state index contributed by atoms with van der Waals surface area (Å²) in [6.45, 7) is 3.11. The van der Waals surface area contributed by atoms with Gasteiger partial charge >= 0.3 is 6.03 Å². The Morgan fingerprint density at radius 2 is 1.76 bits per heavy atom. The van der Waals surface area contributed by atoms with E-state index < -0.39 is 6.03 Å². The van der Waals surface area contributed by atoms with E-state index in [-0.39, 0.29) is 5.91 Å². The van der Waals surface area contributed by atoms with E-state index in [1.807, 2.05) is 19.1 Å². The second kappa shape index (κ2) is 8.50. The molecule has 6 nitrogen and oxygen atoms in total. The van der Waals surface area contributed by atoms with Gasteiger partial charge < -0.3 is 16.0 Å². The number of amides is 3. The molecule has 2 aromatic carbocycles. The van der Waals surface area contributed by atoms with Crippen molar-refractivity contribution in [2.24, 2.45) is 5.73 Å². The van der Waals surface area contributed by atoms with Crippen LogP contribution in [-0.2, 0) is 6.54 Å². The first-order valence-corrected chi connectivity index (χ1v) is 7.98. The van der Waals surface area contributed by atoms with Crippen molar-refractivity contribution in [3.63, 3.8) is 0 Å². The Balaban J connectivity index is 2.13. The van der Waals surface area contributed by atoms with Gasteiger partial charge in [0.05, 0.1) is 11.6 Å². The summed E-state index contributed by atoms with van der Waals surface area (Å²) in [7, 11) is 0. The number of nitriles is 1. The van der Waals surface area contributed by atoms with Crippen molar-refractivity contribution in [1.29, 1.82) is 5.26 Å². The lowest BCUT2D eigenvalue weighted by atomic mass is 10.1. The topological polar surface area (TPSA) is 99.2 Å². The largest absolute Gasteiger partial charge is 0.351 e. The molecule has 0 aliphatic heterocycles. The Labute approximate surface area is 146 Å². The highest BCUT2D eigenvalue weighted by atomic mass is 16.2. The predicted octanol–water partition coefficient (Wildman–Crippen LogP) is 3.10. The van der Waals surface area contributed by atoms with Gasteiger partial charge in [-0.3, -0.25) is 4.79 Å². The van der Waals surface area contributed by atoms with Crippen LogP contribution < -0.4 is 11.1 Å². The third-order valence-electron chi connectivity index (χ3n) is 3.64. The van der Waals surface area contributed by atoms with Crippen LogP contribution in [0.5, 0.6) is 0 Å². The van der Waals surface area contributed by atoms with Crippen LogP contribution in [-0.4, -0.2) is 23.4 Å². The zero-order valence-electron chi connectivity index (χ0n) is 14.0. The van der Waals surface area contributed by atoms with Gasteiger partial charge in [-0.05, 0) is 48.4 Å². The molecule has 0 fully saturated rings. The monoisotopic (exact) mass is 336 g/mol.